The standard InChI is InChI=1S/C16H22N2O3/c1-10-9-12(7-8-13(10)17)15(19)18-14(16(20)21)11-5-3-2-4-6-11/h7-9,11,14H,2-6,17H2,1H3,(H,18,19)(H,20,21). The number of hydrogen-bond acceptors (Lipinski definition) is 3. The van der Waals surface area contributed by atoms with E-state index < -0.39 is 12.0 Å². The number of nitrogen functional groups attached to an aromatic ring is 1. The number of carboxylic acids is 1. The van der Waals surface area contributed by atoms with E-state index in [0.717, 1.165) is 37.7 Å². The molecular formula is C16H22N2O3. The summed E-state index contributed by atoms with van der Waals surface area (Å²) < 4.78 is 0. The number of hydrogen-bond donors (Lipinski definition) is 3. The molecule has 0 bridgehead atoms. The highest BCUT2D eigenvalue weighted by Crippen LogP contribution is 2.27. The lowest BCUT2D eigenvalue weighted by atomic mass is 9.84. The maximum Gasteiger partial charge on any atom is 0.326 e. The van der Waals surface area contributed by atoms with Crippen molar-refractivity contribution >= 4 is 17.6 Å². The summed E-state index contributed by atoms with van der Waals surface area (Å²) in [5.74, 6) is -1.28. The summed E-state index contributed by atoms with van der Waals surface area (Å²) in [5.41, 5.74) is 7.61. The Morgan fingerprint density at radius 1 is 1.29 bits per heavy atom. The van der Waals surface area contributed by atoms with E-state index in [1.807, 2.05) is 6.92 Å². The van der Waals surface area contributed by atoms with E-state index >= 15 is 0 Å². The van der Waals surface area contributed by atoms with Gasteiger partial charge in [-0.05, 0) is 49.4 Å². The van der Waals surface area contributed by atoms with Gasteiger partial charge in [-0.1, -0.05) is 19.3 Å². The second kappa shape index (κ2) is 6.61. The Morgan fingerprint density at radius 2 is 1.95 bits per heavy atom. The van der Waals surface area contributed by atoms with Gasteiger partial charge in [0.15, 0.2) is 0 Å². The van der Waals surface area contributed by atoms with Crippen LogP contribution in [-0.2, 0) is 4.79 Å². The smallest absolute Gasteiger partial charge is 0.326 e. The van der Waals surface area contributed by atoms with Crippen molar-refractivity contribution in [3.8, 4) is 0 Å². The minimum atomic E-state index is -0.956. The van der Waals surface area contributed by atoms with Crippen molar-refractivity contribution in [2.24, 2.45) is 5.92 Å². The van der Waals surface area contributed by atoms with Crippen LogP contribution in [0.3, 0.4) is 0 Å². The molecule has 1 amide bonds. The van der Waals surface area contributed by atoms with E-state index in [-0.39, 0.29) is 11.8 Å². The van der Waals surface area contributed by atoms with Crippen LogP contribution in [0.5, 0.6) is 0 Å². The number of aliphatic carboxylic acids is 1. The molecule has 5 nitrogen and oxygen atoms in total. The van der Waals surface area contributed by atoms with Crippen LogP contribution in [0, 0.1) is 12.8 Å². The van der Waals surface area contributed by atoms with Crippen LogP contribution in [0.2, 0.25) is 0 Å². The number of nitrogens with two attached hydrogens (primary N) is 1. The van der Waals surface area contributed by atoms with Crippen molar-refractivity contribution in [1.82, 2.24) is 5.32 Å². The number of nitrogens with one attached hydrogen (secondary N) is 1. The van der Waals surface area contributed by atoms with E-state index in [4.69, 9.17) is 5.73 Å². The van der Waals surface area contributed by atoms with Gasteiger partial charge in [-0.15, -0.1) is 0 Å². The molecule has 1 aliphatic carbocycles. The van der Waals surface area contributed by atoms with Crippen LogP contribution < -0.4 is 11.1 Å². The highest BCUT2D eigenvalue weighted by Gasteiger charge is 2.30. The third kappa shape index (κ3) is 3.74. The minimum Gasteiger partial charge on any atom is -0.480 e. The fourth-order valence-corrected chi connectivity index (χ4v) is 2.89. The first-order valence-electron chi connectivity index (χ1n) is 7.39. The topological polar surface area (TPSA) is 92.4 Å². The second-order valence-electron chi connectivity index (χ2n) is 5.76. The summed E-state index contributed by atoms with van der Waals surface area (Å²) in [6.45, 7) is 1.82. The third-order valence-electron chi connectivity index (χ3n) is 4.21. The maximum absolute atomic E-state index is 12.3. The molecule has 0 heterocycles. The van der Waals surface area contributed by atoms with Crippen LogP contribution in [0.25, 0.3) is 0 Å². The molecule has 1 saturated carbocycles. The van der Waals surface area contributed by atoms with Crippen molar-refractivity contribution in [2.45, 2.75) is 45.1 Å². The number of carboxylic acid groups (broad SMARTS) is 1. The molecule has 1 atom stereocenters. The quantitative estimate of drug-likeness (QED) is 0.742. The molecule has 5 heteroatoms. The van der Waals surface area contributed by atoms with Gasteiger partial charge in [-0.2, -0.15) is 0 Å². The van der Waals surface area contributed by atoms with Gasteiger partial charge in [-0.25, -0.2) is 4.79 Å². The summed E-state index contributed by atoms with van der Waals surface area (Å²) in [7, 11) is 0. The van der Waals surface area contributed by atoms with Crippen LogP contribution in [0.1, 0.15) is 48.0 Å². The summed E-state index contributed by atoms with van der Waals surface area (Å²) >= 11 is 0. The van der Waals surface area contributed by atoms with Gasteiger partial charge in [0.1, 0.15) is 6.04 Å². The van der Waals surface area contributed by atoms with E-state index in [2.05, 4.69) is 5.32 Å². The van der Waals surface area contributed by atoms with Gasteiger partial charge in [0.05, 0.1) is 0 Å². The molecule has 21 heavy (non-hydrogen) atoms. The van der Waals surface area contributed by atoms with Gasteiger partial charge >= 0.3 is 5.97 Å². The van der Waals surface area contributed by atoms with E-state index in [9.17, 15) is 14.7 Å². The molecule has 0 saturated heterocycles. The molecule has 4 N–H and O–H groups in total. The average Bonchev–Trinajstić information content (AvgIpc) is 2.48. The summed E-state index contributed by atoms with van der Waals surface area (Å²) in [5, 5.41) is 12.1. The molecule has 0 aromatic heterocycles. The fraction of sp³-hybridized carbons (Fsp3) is 0.500. The van der Waals surface area contributed by atoms with Crippen LogP contribution in [-0.4, -0.2) is 23.0 Å². The van der Waals surface area contributed by atoms with Crippen LogP contribution >= 0.6 is 0 Å². The zero-order chi connectivity index (χ0) is 15.4. The zero-order valence-corrected chi connectivity index (χ0v) is 12.3. The van der Waals surface area contributed by atoms with Crippen molar-refractivity contribution in [3.05, 3.63) is 29.3 Å². The molecular weight excluding hydrogens is 268 g/mol. The Balaban J connectivity index is 2.10. The molecule has 0 radical (unpaired) electrons. The number of rotatable bonds is 4. The second-order valence-corrected chi connectivity index (χ2v) is 5.76. The zero-order valence-electron chi connectivity index (χ0n) is 12.3. The Kier molecular flexibility index (Phi) is 4.83. The lowest BCUT2D eigenvalue weighted by Crippen LogP contribution is -2.46. The Bertz CT molecular complexity index is 536. The van der Waals surface area contributed by atoms with Crippen molar-refractivity contribution in [1.29, 1.82) is 0 Å². The normalized spacial score (nSPS) is 17.2. The van der Waals surface area contributed by atoms with Gasteiger partial charge in [-0.3, -0.25) is 4.79 Å². The number of anilines is 1. The summed E-state index contributed by atoms with van der Waals surface area (Å²) in [6.07, 6.45) is 4.93. The Morgan fingerprint density at radius 3 is 2.52 bits per heavy atom. The summed E-state index contributed by atoms with van der Waals surface area (Å²) in [4.78, 5) is 23.7. The molecule has 114 valence electrons. The van der Waals surface area contributed by atoms with Crippen LogP contribution in [0.15, 0.2) is 18.2 Å². The molecule has 0 aliphatic heterocycles. The molecule has 0 spiro atoms. The molecule has 2 rings (SSSR count). The van der Waals surface area contributed by atoms with Gasteiger partial charge in [0.2, 0.25) is 0 Å². The van der Waals surface area contributed by atoms with Gasteiger partial charge < -0.3 is 16.2 Å². The van der Waals surface area contributed by atoms with Crippen molar-refractivity contribution in [2.75, 3.05) is 5.73 Å². The average molecular weight is 290 g/mol. The predicted octanol–water partition coefficient (Wildman–Crippen LogP) is 2.34. The Hall–Kier alpha value is -2.04. The lowest BCUT2D eigenvalue weighted by Gasteiger charge is -2.28. The first kappa shape index (κ1) is 15.4. The first-order valence-corrected chi connectivity index (χ1v) is 7.39. The monoisotopic (exact) mass is 290 g/mol. The largest absolute Gasteiger partial charge is 0.480 e. The number of carbonyl (C=O) groups excluding carboxylic acids is 1. The molecule has 1 unspecified atom stereocenters. The number of benzene rings is 1. The molecule has 1 aromatic carbocycles. The number of amides is 1. The van der Waals surface area contributed by atoms with Crippen molar-refractivity contribution < 1.29 is 14.7 Å². The number of aryl methyl sites for hydroxylation is 1. The first-order chi connectivity index (χ1) is 9.99. The highest BCUT2D eigenvalue weighted by molar-refractivity contribution is 5.97. The minimum absolute atomic E-state index is 0.0232. The lowest BCUT2D eigenvalue weighted by molar-refractivity contribution is -0.141. The summed E-state index contributed by atoms with van der Waals surface area (Å²) in [6, 6.07) is 4.17. The number of carbonyl (C=O) groups is 2. The molecule has 1 aliphatic rings. The highest BCUT2D eigenvalue weighted by atomic mass is 16.4. The van der Waals surface area contributed by atoms with E-state index in [1.165, 1.54) is 0 Å². The third-order valence-corrected chi connectivity index (χ3v) is 4.21. The van der Waals surface area contributed by atoms with Crippen molar-refractivity contribution in [3.63, 3.8) is 0 Å². The molecule has 1 fully saturated rings. The fourth-order valence-electron chi connectivity index (χ4n) is 2.89. The predicted molar refractivity (Wildman–Crippen MR) is 81.1 cm³/mol. The van der Waals surface area contributed by atoms with E-state index in [1.54, 1.807) is 18.2 Å². The van der Waals surface area contributed by atoms with Crippen LogP contribution in [0.4, 0.5) is 5.69 Å². The Labute approximate surface area is 124 Å². The molecule has 1 aromatic rings. The maximum atomic E-state index is 12.3. The SMILES string of the molecule is Cc1cc(C(=O)NC(C(=O)O)C2CCCCC2)ccc1N. The van der Waals surface area contributed by atoms with Gasteiger partial charge in [0, 0.05) is 11.3 Å². The van der Waals surface area contributed by atoms with E-state index in [0.29, 0.717) is 11.3 Å². The van der Waals surface area contributed by atoms with Gasteiger partial charge in [0.25, 0.3) is 5.91 Å².